The molecule has 3 aromatic rings. The molecule has 100 valence electrons. The number of hydrogen-bond donors (Lipinski definition) is 0. The molecule has 0 atom stereocenters. The van der Waals surface area contributed by atoms with Gasteiger partial charge in [-0.3, -0.25) is 0 Å². The number of benzene rings is 1. The summed E-state index contributed by atoms with van der Waals surface area (Å²) in [6.07, 6.45) is 4.89. The Kier molecular flexibility index (Phi) is 4.15. The lowest BCUT2D eigenvalue weighted by Crippen LogP contribution is -1.83. The van der Waals surface area contributed by atoms with Gasteiger partial charge in [0.1, 0.15) is 12.7 Å². The first kappa shape index (κ1) is 13.4. The molecule has 0 saturated carbocycles. The largest absolute Gasteiger partial charge is 0.208 e. The van der Waals surface area contributed by atoms with Crippen LogP contribution < -0.4 is 0 Å². The summed E-state index contributed by atoms with van der Waals surface area (Å²) < 4.78 is 2.77. The molecule has 20 heavy (non-hydrogen) atoms. The molecule has 0 aliphatic carbocycles. The molecule has 0 N–H and O–H groups in total. The molecule has 2 heterocycles. The van der Waals surface area contributed by atoms with E-state index in [4.69, 9.17) is 11.6 Å². The Morgan fingerprint density at radius 3 is 2.60 bits per heavy atom. The highest BCUT2D eigenvalue weighted by atomic mass is 35.5. The van der Waals surface area contributed by atoms with Crippen molar-refractivity contribution in [2.45, 2.75) is 9.10 Å². The van der Waals surface area contributed by atoms with Crippen molar-refractivity contribution in [2.24, 2.45) is 5.10 Å². The number of nitrogens with zero attached hydrogens (tertiary/aromatic N) is 4. The average Bonchev–Trinajstić information content (AvgIpc) is 3.10. The molecule has 0 aliphatic rings. The molecule has 7 heteroatoms. The third-order valence-corrected chi connectivity index (χ3v) is 4.77. The third-order valence-electron chi connectivity index (χ3n) is 2.36. The topological polar surface area (TPSA) is 43.1 Å². The number of halogens is 1. The van der Waals surface area contributed by atoms with Gasteiger partial charge in [0.15, 0.2) is 0 Å². The molecule has 3 rings (SSSR count). The summed E-state index contributed by atoms with van der Waals surface area (Å²) >= 11 is 9.26. The van der Waals surface area contributed by atoms with E-state index in [1.807, 2.05) is 30.3 Å². The first-order valence-corrected chi connectivity index (χ1v) is 7.73. The molecule has 0 spiro atoms. The van der Waals surface area contributed by atoms with Gasteiger partial charge < -0.3 is 0 Å². The summed E-state index contributed by atoms with van der Waals surface area (Å²) in [5, 5.41) is 12.4. The zero-order chi connectivity index (χ0) is 13.8. The van der Waals surface area contributed by atoms with Crippen molar-refractivity contribution in [3.8, 4) is 0 Å². The molecule has 4 nitrogen and oxygen atoms in total. The quantitative estimate of drug-likeness (QED) is 0.682. The van der Waals surface area contributed by atoms with Crippen LogP contribution in [0.5, 0.6) is 0 Å². The molecule has 0 unspecified atom stereocenters. The molecular weight excluding hydrogens is 312 g/mol. The van der Waals surface area contributed by atoms with E-state index in [0.717, 1.165) is 9.90 Å². The lowest BCUT2D eigenvalue weighted by Gasteiger charge is -1.97. The number of thiophene rings is 1. The Labute approximate surface area is 129 Å². The minimum atomic E-state index is 0.752. The third kappa shape index (κ3) is 3.47. The van der Waals surface area contributed by atoms with Crippen molar-refractivity contribution in [1.82, 2.24) is 14.9 Å². The van der Waals surface area contributed by atoms with Crippen molar-refractivity contribution in [3.63, 3.8) is 0 Å². The highest BCUT2D eigenvalue weighted by molar-refractivity contribution is 8.01. The van der Waals surface area contributed by atoms with Crippen LogP contribution in [0.3, 0.4) is 0 Å². The average molecular weight is 321 g/mol. The summed E-state index contributed by atoms with van der Waals surface area (Å²) in [4.78, 5) is 2.24. The van der Waals surface area contributed by atoms with Crippen LogP contribution in [0.25, 0.3) is 0 Å². The fourth-order valence-corrected chi connectivity index (χ4v) is 3.57. The SMILES string of the molecule is Clc1ccc(Sc2ccc(/C=N\n3cnnc3)s2)cc1. The van der Waals surface area contributed by atoms with Crippen LogP contribution in [0.15, 0.2) is 63.3 Å². The zero-order valence-electron chi connectivity index (χ0n) is 10.2. The van der Waals surface area contributed by atoms with Crippen LogP contribution in [0, 0.1) is 0 Å². The molecule has 2 aromatic heterocycles. The van der Waals surface area contributed by atoms with Gasteiger partial charge in [-0.25, -0.2) is 4.68 Å². The van der Waals surface area contributed by atoms with E-state index in [0.29, 0.717) is 0 Å². The lowest BCUT2D eigenvalue weighted by atomic mass is 10.4. The van der Waals surface area contributed by atoms with E-state index in [9.17, 15) is 0 Å². The molecule has 0 fully saturated rings. The van der Waals surface area contributed by atoms with Crippen molar-refractivity contribution >= 4 is 40.9 Å². The summed E-state index contributed by atoms with van der Waals surface area (Å²) in [5.41, 5.74) is 0. The Morgan fingerprint density at radius 2 is 1.85 bits per heavy atom. The standard InChI is InChI=1S/C13H9ClN4S2/c14-10-1-3-11(4-2-10)19-13-6-5-12(20-13)7-17-18-8-15-16-9-18/h1-9H/b17-7-. The van der Waals surface area contributed by atoms with Crippen molar-refractivity contribution in [1.29, 1.82) is 0 Å². The molecule has 0 saturated heterocycles. The maximum absolute atomic E-state index is 5.87. The van der Waals surface area contributed by atoms with Gasteiger partial charge in [-0.2, -0.15) is 5.10 Å². The maximum Gasteiger partial charge on any atom is 0.141 e. The minimum Gasteiger partial charge on any atom is -0.208 e. The number of aromatic nitrogens is 3. The van der Waals surface area contributed by atoms with Gasteiger partial charge in [0.05, 0.1) is 10.4 Å². The van der Waals surface area contributed by atoms with Gasteiger partial charge in [0.2, 0.25) is 0 Å². The van der Waals surface area contributed by atoms with Gasteiger partial charge in [-0.1, -0.05) is 23.4 Å². The van der Waals surface area contributed by atoms with E-state index >= 15 is 0 Å². The smallest absolute Gasteiger partial charge is 0.141 e. The van der Waals surface area contributed by atoms with E-state index in [2.05, 4.69) is 21.4 Å². The molecule has 0 bridgehead atoms. The second kappa shape index (κ2) is 6.21. The van der Waals surface area contributed by atoms with Crippen LogP contribution in [-0.2, 0) is 0 Å². The first-order chi connectivity index (χ1) is 9.79. The zero-order valence-corrected chi connectivity index (χ0v) is 12.6. The van der Waals surface area contributed by atoms with Crippen LogP contribution in [-0.4, -0.2) is 21.1 Å². The maximum atomic E-state index is 5.87. The van der Waals surface area contributed by atoms with Crippen LogP contribution in [0.2, 0.25) is 5.02 Å². The Morgan fingerprint density at radius 1 is 1.10 bits per heavy atom. The second-order valence-electron chi connectivity index (χ2n) is 3.80. The van der Waals surface area contributed by atoms with E-state index in [1.54, 1.807) is 46.6 Å². The van der Waals surface area contributed by atoms with Crippen LogP contribution >= 0.6 is 34.7 Å². The summed E-state index contributed by atoms with van der Waals surface area (Å²) in [5.74, 6) is 0. The Balaban J connectivity index is 1.69. The number of hydrogen-bond acceptors (Lipinski definition) is 5. The van der Waals surface area contributed by atoms with E-state index < -0.39 is 0 Å². The van der Waals surface area contributed by atoms with Gasteiger partial charge in [0.25, 0.3) is 0 Å². The minimum absolute atomic E-state index is 0.752. The highest BCUT2D eigenvalue weighted by Crippen LogP contribution is 2.33. The van der Waals surface area contributed by atoms with Gasteiger partial charge in [-0.05, 0) is 36.4 Å². The van der Waals surface area contributed by atoms with Gasteiger partial charge in [-0.15, -0.1) is 21.5 Å². The summed E-state index contributed by atoms with van der Waals surface area (Å²) in [7, 11) is 0. The summed E-state index contributed by atoms with van der Waals surface area (Å²) in [6, 6.07) is 11.9. The molecule has 1 aromatic carbocycles. The second-order valence-corrected chi connectivity index (χ2v) is 6.72. The first-order valence-electron chi connectivity index (χ1n) is 5.72. The molecule has 0 amide bonds. The monoisotopic (exact) mass is 320 g/mol. The predicted molar refractivity (Wildman–Crippen MR) is 82.9 cm³/mol. The Hall–Kier alpha value is -1.63. The van der Waals surface area contributed by atoms with Crippen molar-refractivity contribution < 1.29 is 0 Å². The van der Waals surface area contributed by atoms with E-state index in [1.165, 1.54) is 9.10 Å². The highest BCUT2D eigenvalue weighted by Gasteiger charge is 2.01. The van der Waals surface area contributed by atoms with Crippen molar-refractivity contribution in [3.05, 3.63) is 59.0 Å². The normalized spacial score (nSPS) is 11.2. The lowest BCUT2D eigenvalue weighted by molar-refractivity contribution is 0.879. The fourth-order valence-electron chi connectivity index (χ4n) is 1.46. The fraction of sp³-hybridized carbons (Fsp3) is 0. The van der Waals surface area contributed by atoms with E-state index in [-0.39, 0.29) is 0 Å². The molecule has 0 radical (unpaired) electrons. The van der Waals surface area contributed by atoms with Crippen molar-refractivity contribution in [2.75, 3.05) is 0 Å². The molecule has 0 aliphatic heterocycles. The summed E-state index contributed by atoms with van der Waals surface area (Å²) in [6.45, 7) is 0. The van der Waals surface area contributed by atoms with Crippen LogP contribution in [0.1, 0.15) is 4.88 Å². The Bertz CT molecular complexity index is 704. The number of rotatable bonds is 4. The predicted octanol–water partition coefficient (Wildman–Crippen LogP) is 4.03. The van der Waals surface area contributed by atoms with Crippen LogP contribution in [0.4, 0.5) is 0 Å². The molecular formula is C13H9ClN4S2. The van der Waals surface area contributed by atoms with Gasteiger partial charge >= 0.3 is 0 Å². The van der Waals surface area contributed by atoms with Gasteiger partial charge in [0, 0.05) is 14.8 Å².